The van der Waals surface area contributed by atoms with Crippen molar-refractivity contribution in [2.75, 3.05) is 13.2 Å². The molecule has 0 atom stereocenters. The van der Waals surface area contributed by atoms with Gasteiger partial charge in [-0.2, -0.15) is 0 Å². The van der Waals surface area contributed by atoms with Crippen LogP contribution in [0.25, 0.3) is 0 Å². The van der Waals surface area contributed by atoms with Crippen molar-refractivity contribution in [2.24, 2.45) is 0 Å². The third-order valence-corrected chi connectivity index (χ3v) is 3.34. The normalized spacial score (nSPS) is 10.1. The van der Waals surface area contributed by atoms with Crippen molar-refractivity contribution in [3.8, 4) is 5.75 Å². The van der Waals surface area contributed by atoms with Crippen LogP contribution in [0.2, 0.25) is 0 Å². The van der Waals surface area contributed by atoms with Crippen molar-refractivity contribution in [2.45, 2.75) is 6.92 Å². The molecule has 0 aliphatic carbocycles. The summed E-state index contributed by atoms with van der Waals surface area (Å²) in [5, 5.41) is 2.85. The summed E-state index contributed by atoms with van der Waals surface area (Å²) in [5.74, 6) is 0.713. The zero-order chi connectivity index (χ0) is 14.4. The SMILES string of the molecule is Cc1ccccc1C(=O)NCCOc1cccc(Br)c1. The van der Waals surface area contributed by atoms with Gasteiger partial charge in [-0.3, -0.25) is 4.79 Å². The van der Waals surface area contributed by atoms with E-state index in [4.69, 9.17) is 4.74 Å². The highest BCUT2D eigenvalue weighted by Gasteiger charge is 2.06. The molecule has 0 aromatic heterocycles. The molecule has 0 unspecified atom stereocenters. The van der Waals surface area contributed by atoms with Crippen LogP contribution in [0.4, 0.5) is 0 Å². The van der Waals surface area contributed by atoms with Crippen LogP contribution in [0.1, 0.15) is 15.9 Å². The average molecular weight is 334 g/mol. The Morgan fingerprint density at radius 2 is 2.00 bits per heavy atom. The number of hydrogen-bond donors (Lipinski definition) is 1. The van der Waals surface area contributed by atoms with Gasteiger partial charge in [-0.1, -0.05) is 40.2 Å². The summed E-state index contributed by atoms with van der Waals surface area (Å²) >= 11 is 3.38. The van der Waals surface area contributed by atoms with Gasteiger partial charge in [-0.15, -0.1) is 0 Å². The van der Waals surface area contributed by atoms with E-state index in [1.54, 1.807) is 0 Å². The Kier molecular flexibility index (Phi) is 5.18. The molecule has 2 aromatic carbocycles. The number of nitrogens with one attached hydrogen (secondary N) is 1. The molecule has 0 bridgehead atoms. The summed E-state index contributed by atoms with van der Waals surface area (Å²) in [6, 6.07) is 15.1. The Labute approximate surface area is 127 Å². The van der Waals surface area contributed by atoms with Crippen molar-refractivity contribution < 1.29 is 9.53 Å². The second-order valence-corrected chi connectivity index (χ2v) is 5.29. The second kappa shape index (κ2) is 7.10. The van der Waals surface area contributed by atoms with Gasteiger partial charge < -0.3 is 10.1 Å². The summed E-state index contributed by atoms with van der Waals surface area (Å²) in [4.78, 5) is 12.0. The molecule has 0 saturated heterocycles. The monoisotopic (exact) mass is 333 g/mol. The highest BCUT2D eigenvalue weighted by Crippen LogP contribution is 2.17. The van der Waals surface area contributed by atoms with E-state index in [1.807, 2.05) is 55.5 Å². The van der Waals surface area contributed by atoms with Crippen LogP contribution in [0, 0.1) is 6.92 Å². The van der Waals surface area contributed by atoms with E-state index in [-0.39, 0.29) is 5.91 Å². The predicted octanol–water partition coefficient (Wildman–Crippen LogP) is 3.57. The molecular formula is C16H16BrNO2. The van der Waals surface area contributed by atoms with Gasteiger partial charge in [-0.05, 0) is 36.8 Å². The summed E-state index contributed by atoms with van der Waals surface area (Å²) in [6.07, 6.45) is 0. The number of hydrogen-bond acceptors (Lipinski definition) is 2. The number of halogens is 1. The third kappa shape index (κ3) is 4.10. The third-order valence-electron chi connectivity index (χ3n) is 2.84. The van der Waals surface area contributed by atoms with Gasteiger partial charge in [0.05, 0.1) is 6.54 Å². The van der Waals surface area contributed by atoms with Gasteiger partial charge in [0.1, 0.15) is 12.4 Å². The number of benzene rings is 2. The van der Waals surface area contributed by atoms with Crippen molar-refractivity contribution in [1.29, 1.82) is 0 Å². The minimum Gasteiger partial charge on any atom is -0.492 e. The first-order valence-electron chi connectivity index (χ1n) is 6.39. The lowest BCUT2D eigenvalue weighted by atomic mass is 10.1. The topological polar surface area (TPSA) is 38.3 Å². The molecule has 0 aliphatic rings. The molecule has 0 saturated carbocycles. The molecule has 0 aliphatic heterocycles. The van der Waals surface area contributed by atoms with Crippen molar-refractivity contribution in [1.82, 2.24) is 5.32 Å². The maximum atomic E-state index is 12.0. The molecule has 0 spiro atoms. The Hall–Kier alpha value is -1.81. The lowest BCUT2D eigenvalue weighted by molar-refractivity contribution is 0.0946. The van der Waals surface area contributed by atoms with Gasteiger partial charge in [0.15, 0.2) is 0 Å². The summed E-state index contributed by atoms with van der Waals surface area (Å²) < 4.78 is 6.53. The molecule has 20 heavy (non-hydrogen) atoms. The smallest absolute Gasteiger partial charge is 0.251 e. The molecule has 0 radical (unpaired) electrons. The van der Waals surface area contributed by atoms with E-state index in [0.29, 0.717) is 18.7 Å². The number of amides is 1. The van der Waals surface area contributed by atoms with Crippen LogP contribution in [-0.2, 0) is 0 Å². The van der Waals surface area contributed by atoms with Crippen LogP contribution in [0.15, 0.2) is 53.0 Å². The lowest BCUT2D eigenvalue weighted by Gasteiger charge is -2.09. The highest BCUT2D eigenvalue weighted by atomic mass is 79.9. The Morgan fingerprint density at radius 3 is 2.75 bits per heavy atom. The van der Waals surface area contributed by atoms with Crippen LogP contribution >= 0.6 is 15.9 Å². The van der Waals surface area contributed by atoms with E-state index in [1.165, 1.54) is 0 Å². The molecule has 0 fully saturated rings. The first-order chi connectivity index (χ1) is 9.66. The van der Waals surface area contributed by atoms with Gasteiger partial charge in [-0.25, -0.2) is 0 Å². The Bertz CT molecular complexity index is 599. The van der Waals surface area contributed by atoms with Crippen LogP contribution in [0.3, 0.4) is 0 Å². The van der Waals surface area contributed by atoms with Crippen LogP contribution in [-0.4, -0.2) is 19.1 Å². The summed E-state index contributed by atoms with van der Waals surface area (Å²) in [7, 11) is 0. The van der Waals surface area contributed by atoms with E-state index >= 15 is 0 Å². The lowest BCUT2D eigenvalue weighted by Crippen LogP contribution is -2.28. The zero-order valence-electron chi connectivity index (χ0n) is 11.2. The average Bonchev–Trinajstić information content (AvgIpc) is 2.44. The maximum Gasteiger partial charge on any atom is 0.251 e. The number of aryl methyl sites for hydroxylation is 1. The Balaban J connectivity index is 1.79. The van der Waals surface area contributed by atoms with Gasteiger partial charge in [0.25, 0.3) is 5.91 Å². The fourth-order valence-corrected chi connectivity index (χ4v) is 2.19. The minimum atomic E-state index is -0.0686. The molecular weight excluding hydrogens is 318 g/mol. The molecule has 104 valence electrons. The standard InChI is InChI=1S/C16H16BrNO2/c1-12-5-2-3-8-15(12)16(19)18-9-10-20-14-7-4-6-13(17)11-14/h2-8,11H,9-10H2,1H3,(H,18,19). The molecule has 2 rings (SSSR count). The van der Waals surface area contributed by atoms with Crippen molar-refractivity contribution in [3.05, 3.63) is 64.1 Å². The number of carbonyl (C=O) groups is 1. The number of ether oxygens (including phenoxy) is 1. The molecule has 2 aromatic rings. The molecule has 1 N–H and O–H groups in total. The highest BCUT2D eigenvalue weighted by molar-refractivity contribution is 9.10. The maximum absolute atomic E-state index is 12.0. The number of carbonyl (C=O) groups excluding carboxylic acids is 1. The van der Waals surface area contributed by atoms with E-state index in [9.17, 15) is 4.79 Å². The van der Waals surface area contributed by atoms with Crippen LogP contribution < -0.4 is 10.1 Å². The van der Waals surface area contributed by atoms with Gasteiger partial charge in [0, 0.05) is 10.0 Å². The van der Waals surface area contributed by atoms with Crippen LogP contribution in [0.5, 0.6) is 5.75 Å². The van der Waals surface area contributed by atoms with Gasteiger partial charge >= 0.3 is 0 Å². The van der Waals surface area contributed by atoms with E-state index in [2.05, 4.69) is 21.2 Å². The van der Waals surface area contributed by atoms with E-state index in [0.717, 1.165) is 15.8 Å². The Morgan fingerprint density at radius 1 is 1.20 bits per heavy atom. The fraction of sp³-hybridized carbons (Fsp3) is 0.188. The quantitative estimate of drug-likeness (QED) is 0.849. The minimum absolute atomic E-state index is 0.0686. The largest absolute Gasteiger partial charge is 0.492 e. The van der Waals surface area contributed by atoms with Gasteiger partial charge in [0.2, 0.25) is 0 Å². The molecule has 1 amide bonds. The predicted molar refractivity (Wildman–Crippen MR) is 83.1 cm³/mol. The van der Waals surface area contributed by atoms with Crippen molar-refractivity contribution in [3.63, 3.8) is 0 Å². The first kappa shape index (κ1) is 14.6. The molecule has 0 heterocycles. The van der Waals surface area contributed by atoms with E-state index < -0.39 is 0 Å². The summed E-state index contributed by atoms with van der Waals surface area (Å²) in [5.41, 5.74) is 1.67. The summed E-state index contributed by atoms with van der Waals surface area (Å²) in [6.45, 7) is 2.83. The fourth-order valence-electron chi connectivity index (χ4n) is 1.81. The first-order valence-corrected chi connectivity index (χ1v) is 7.18. The molecule has 4 heteroatoms. The van der Waals surface area contributed by atoms with Crippen molar-refractivity contribution >= 4 is 21.8 Å². The number of rotatable bonds is 5. The second-order valence-electron chi connectivity index (χ2n) is 4.38. The zero-order valence-corrected chi connectivity index (χ0v) is 12.8. The molecule has 3 nitrogen and oxygen atoms in total.